The molecule has 0 bridgehead atoms. The van der Waals surface area contributed by atoms with E-state index >= 15 is 0 Å². The third-order valence-electron chi connectivity index (χ3n) is 3.68. The maximum atomic E-state index is 12.2. The van der Waals surface area contributed by atoms with Gasteiger partial charge in [-0.3, -0.25) is 9.59 Å². The van der Waals surface area contributed by atoms with Crippen LogP contribution in [0, 0.1) is 6.92 Å². The van der Waals surface area contributed by atoms with E-state index in [2.05, 4.69) is 26.0 Å². The molecular weight excluding hydrogens is 332 g/mol. The maximum Gasteiger partial charge on any atom is 0.251 e. The molecule has 0 radical (unpaired) electrons. The summed E-state index contributed by atoms with van der Waals surface area (Å²) in [6.45, 7) is 1.92. The Hall–Kier alpha value is -3.55. The minimum atomic E-state index is -0.313. The van der Waals surface area contributed by atoms with Crippen LogP contribution in [0.2, 0.25) is 0 Å². The molecule has 26 heavy (non-hydrogen) atoms. The number of amides is 2. The molecule has 0 unspecified atom stereocenters. The molecule has 1 aromatic heterocycles. The van der Waals surface area contributed by atoms with Crippen LogP contribution < -0.4 is 10.6 Å². The molecule has 0 spiro atoms. The lowest BCUT2D eigenvalue weighted by Gasteiger charge is -2.06. The number of carbonyl (C=O) groups is 2. The highest BCUT2D eigenvalue weighted by Crippen LogP contribution is 2.14. The third kappa shape index (κ3) is 4.10. The molecule has 0 aliphatic rings. The van der Waals surface area contributed by atoms with Crippen LogP contribution in [0.25, 0.3) is 11.4 Å². The lowest BCUT2D eigenvalue weighted by atomic mass is 10.1. The predicted molar refractivity (Wildman–Crippen MR) is 96.5 cm³/mol. The second-order valence-corrected chi connectivity index (χ2v) is 5.72. The third-order valence-corrected chi connectivity index (χ3v) is 3.68. The molecule has 0 aliphatic carbocycles. The molecule has 8 heteroatoms. The van der Waals surface area contributed by atoms with Gasteiger partial charge in [-0.15, -0.1) is 10.2 Å². The van der Waals surface area contributed by atoms with E-state index in [1.54, 1.807) is 31.3 Å². The van der Waals surface area contributed by atoms with Crippen molar-refractivity contribution in [2.45, 2.75) is 13.5 Å². The van der Waals surface area contributed by atoms with Gasteiger partial charge in [-0.05, 0) is 30.3 Å². The Morgan fingerprint density at radius 3 is 2.62 bits per heavy atom. The SMILES string of the molecule is CNC(=O)c1cccc(NC(=O)Cn2nnc(-c3ccc(C)cc3)n2)c1. The maximum absolute atomic E-state index is 12.2. The zero-order chi connectivity index (χ0) is 18.5. The number of nitrogens with one attached hydrogen (secondary N) is 2. The summed E-state index contributed by atoms with van der Waals surface area (Å²) >= 11 is 0. The second kappa shape index (κ2) is 7.56. The molecular formula is C18H18N6O2. The Labute approximate surface area is 150 Å². The van der Waals surface area contributed by atoms with Crippen LogP contribution >= 0.6 is 0 Å². The zero-order valence-electron chi connectivity index (χ0n) is 14.4. The summed E-state index contributed by atoms with van der Waals surface area (Å²) in [6.07, 6.45) is 0. The Kier molecular flexibility index (Phi) is 5.02. The summed E-state index contributed by atoms with van der Waals surface area (Å²) in [4.78, 5) is 25.1. The van der Waals surface area contributed by atoms with Crippen LogP contribution in [0.4, 0.5) is 5.69 Å². The number of hydrogen-bond donors (Lipinski definition) is 2. The van der Waals surface area contributed by atoms with Crippen molar-refractivity contribution in [3.05, 3.63) is 59.7 Å². The van der Waals surface area contributed by atoms with E-state index in [9.17, 15) is 9.59 Å². The number of benzene rings is 2. The van der Waals surface area contributed by atoms with Gasteiger partial charge in [0.2, 0.25) is 11.7 Å². The van der Waals surface area contributed by atoms with Gasteiger partial charge in [0.25, 0.3) is 5.91 Å². The van der Waals surface area contributed by atoms with Gasteiger partial charge in [-0.25, -0.2) is 0 Å². The summed E-state index contributed by atoms with van der Waals surface area (Å²) in [7, 11) is 1.55. The highest BCUT2D eigenvalue weighted by Gasteiger charge is 2.10. The molecule has 2 aromatic carbocycles. The quantitative estimate of drug-likeness (QED) is 0.728. The standard InChI is InChI=1S/C18H18N6O2/c1-12-6-8-13(9-7-12)17-21-23-24(22-17)11-16(25)20-15-5-3-4-14(10-15)18(26)19-2/h3-10H,11H2,1-2H3,(H,19,26)(H,20,25). The van der Waals surface area contributed by atoms with E-state index in [4.69, 9.17) is 0 Å². The van der Waals surface area contributed by atoms with Crippen molar-refractivity contribution in [1.29, 1.82) is 0 Å². The van der Waals surface area contributed by atoms with Gasteiger partial charge in [0.1, 0.15) is 6.54 Å². The fraction of sp³-hybridized carbons (Fsp3) is 0.167. The van der Waals surface area contributed by atoms with Crippen molar-refractivity contribution in [3.63, 3.8) is 0 Å². The van der Waals surface area contributed by atoms with Gasteiger partial charge >= 0.3 is 0 Å². The largest absolute Gasteiger partial charge is 0.355 e. The van der Waals surface area contributed by atoms with Crippen molar-refractivity contribution in [2.75, 3.05) is 12.4 Å². The van der Waals surface area contributed by atoms with Gasteiger partial charge in [0.05, 0.1) is 0 Å². The predicted octanol–water partition coefficient (Wildman–Crippen LogP) is 1.65. The van der Waals surface area contributed by atoms with Crippen LogP contribution in [0.3, 0.4) is 0 Å². The summed E-state index contributed by atoms with van der Waals surface area (Å²) < 4.78 is 0. The minimum absolute atomic E-state index is 0.0803. The number of aryl methyl sites for hydroxylation is 1. The van der Waals surface area contributed by atoms with Crippen LogP contribution in [-0.2, 0) is 11.3 Å². The minimum Gasteiger partial charge on any atom is -0.355 e. The molecule has 0 atom stereocenters. The van der Waals surface area contributed by atoms with Gasteiger partial charge in [0, 0.05) is 23.9 Å². The van der Waals surface area contributed by atoms with E-state index in [-0.39, 0.29) is 18.4 Å². The van der Waals surface area contributed by atoms with Crippen molar-refractivity contribution in [3.8, 4) is 11.4 Å². The van der Waals surface area contributed by atoms with E-state index < -0.39 is 0 Å². The highest BCUT2D eigenvalue weighted by atomic mass is 16.2. The first-order chi connectivity index (χ1) is 12.5. The molecule has 3 aromatic rings. The molecule has 0 fully saturated rings. The van der Waals surface area contributed by atoms with Crippen LogP contribution in [-0.4, -0.2) is 39.1 Å². The first-order valence-electron chi connectivity index (χ1n) is 8.02. The van der Waals surface area contributed by atoms with E-state index in [1.165, 1.54) is 4.80 Å². The number of rotatable bonds is 5. The Morgan fingerprint density at radius 1 is 1.12 bits per heavy atom. The summed E-state index contributed by atoms with van der Waals surface area (Å²) in [6, 6.07) is 14.4. The van der Waals surface area contributed by atoms with Crippen molar-refractivity contribution >= 4 is 17.5 Å². The monoisotopic (exact) mass is 350 g/mol. The summed E-state index contributed by atoms with van der Waals surface area (Å²) in [5, 5.41) is 17.4. The Morgan fingerprint density at radius 2 is 1.88 bits per heavy atom. The van der Waals surface area contributed by atoms with Gasteiger partial charge < -0.3 is 10.6 Å². The Balaban J connectivity index is 1.65. The van der Waals surface area contributed by atoms with Gasteiger partial charge in [-0.2, -0.15) is 4.80 Å². The van der Waals surface area contributed by atoms with Crippen molar-refractivity contribution in [2.24, 2.45) is 0 Å². The number of anilines is 1. The molecule has 2 N–H and O–H groups in total. The molecule has 0 saturated heterocycles. The van der Waals surface area contributed by atoms with Gasteiger partial charge in [-0.1, -0.05) is 35.9 Å². The fourth-order valence-corrected chi connectivity index (χ4v) is 2.34. The zero-order valence-corrected chi connectivity index (χ0v) is 14.4. The fourth-order valence-electron chi connectivity index (χ4n) is 2.34. The summed E-state index contributed by atoms with van der Waals surface area (Å²) in [5.74, 6) is -0.0758. The van der Waals surface area contributed by atoms with Crippen LogP contribution in [0.15, 0.2) is 48.5 Å². The average molecular weight is 350 g/mol. The summed E-state index contributed by atoms with van der Waals surface area (Å²) in [5.41, 5.74) is 2.96. The number of hydrogen-bond acceptors (Lipinski definition) is 5. The van der Waals surface area contributed by atoms with Crippen molar-refractivity contribution in [1.82, 2.24) is 25.5 Å². The van der Waals surface area contributed by atoms with E-state index in [0.717, 1.165) is 11.1 Å². The molecule has 0 saturated carbocycles. The lowest BCUT2D eigenvalue weighted by molar-refractivity contribution is -0.117. The highest BCUT2D eigenvalue weighted by molar-refractivity contribution is 5.96. The van der Waals surface area contributed by atoms with E-state index in [1.807, 2.05) is 31.2 Å². The number of nitrogens with zero attached hydrogens (tertiary/aromatic N) is 4. The second-order valence-electron chi connectivity index (χ2n) is 5.72. The first-order valence-corrected chi connectivity index (χ1v) is 8.02. The van der Waals surface area contributed by atoms with Gasteiger partial charge in [0.15, 0.2) is 0 Å². The molecule has 2 amide bonds. The number of tetrazole rings is 1. The number of aromatic nitrogens is 4. The first kappa shape index (κ1) is 17.3. The normalized spacial score (nSPS) is 10.4. The smallest absolute Gasteiger partial charge is 0.251 e. The average Bonchev–Trinajstić information content (AvgIpc) is 3.10. The molecule has 1 heterocycles. The lowest BCUT2D eigenvalue weighted by Crippen LogP contribution is -2.21. The molecule has 0 aliphatic heterocycles. The van der Waals surface area contributed by atoms with Crippen LogP contribution in [0.5, 0.6) is 0 Å². The topological polar surface area (TPSA) is 102 Å². The molecule has 3 rings (SSSR count). The number of carbonyl (C=O) groups excluding carboxylic acids is 2. The van der Waals surface area contributed by atoms with E-state index in [0.29, 0.717) is 17.1 Å². The Bertz CT molecular complexity index is 933. The van der Waals surface area contributed by atoms with Crippen LogP contribution in [0.1, 0.15) is 15.9 Å². The molecule has 132 valence electrons. The van der Waals surface area contributed by atoms with Crippen molar-refractivity contribution < 1.29 is 9.59 Å². The molecule has 8 nitrogen and oxygen atoms in total.